The molecule has 0 aromatic rings. The van der Waals surface area contributed by atoms with E-state index in [0.29, 0.717) is 5.41 Å². The number of nitrogens with zero attached hydrogens (tertiary/aromatic N) is 2. The molecule has 3 rings (SSSR count). The smallest absolute Gasteiger partial charge is 0.0120 e. The van der Waals surface area contributed by atoms with Gasteiger partial charge in [-0.05, 0) is 90.5 Å². The Bertz CT molecular complexity index is 291. The lowest BCUT2D eigenvalue weighted by atomic mass is 9.72. The maximum absolute atomic E-state index is 3.63. The highest BCUT2D eigenvalue weighted by Crippen LogP contribution is 2.38. The number of piperidine rings is 3. The molecule has 0 saturated carbocycles. The summed E-state index contributed by atoms with van der Waals surface area (Å²) >= 11 is 0. The van der Waals surface area contributed by atoms with Crippen molar-refractivity contribution in [3.63, 3.8) is 0 Å². The molecule has 0 bridgehead atoms. The highest BCUT2D eigenvalue weighted by Gasteiger charge is 2.37. The van der Waals surface area contributed by atoms with Crippen molar-refractivity contribution < 1.29 is 0 Å². The Labute approximate surface area is 125 Å². The molecule has 3 heteroatoms. The number of hydrogen-bond donors (Lipinski definition) is 1. The second-order valence-electron chi connectivity index (χ2n) is 7.68. The minimum Gasteiger partial charge on any atom is -0.316 e. The lowest BCUT2D eigenvalue weighted by molar-refractivity contribution is 0.0271. The van der Waals surface area contributed by atoms with Gasteiger partial charge in [0.25, 0.3) is 0 Å². The fraction of sp³-hybridized carbons (Fsp3) is 1.00. The highest BCUT2D eigenvalue weighted by molar-refractivity contribution is 4.93. The molecule has 0 unspecified atom stereocenters. The molecule has 3 aliphatic heterocycles. The summed E-state index contributed by atoms with van der Waals surface area (Å²) < 4.78 is 0. The van der Waals surface area contributed by atoms with Crippen LogP contribution in [0.15, 0.2) is 0 Å². The molecule has 3 fully saturated rings. The van der Waals surface area contributed by atoms with Gasteiger partial charge in [-0.3, -0.25) is 0 Å². The molecule has 3 aliphatic rings. The van der Waals surface area contributed by atoms with E-state index in [1.165, 1.54) is 77.8 Å². The standard InChI is InChI=1S/C17H33N3/c1-15(2)19-10-4-16(5-11-19)20-12-7-17(8-13-20)6-3-9-18-14-17/h15-16,18H,3-14H2,1-2H3. The molecule has 3 heterocycles. The van der Waals surface area contributed by atoms with Gasteiger partial charge in [0.05, 0.1) is 0 Å². The van der Waals surface area contributed by atoms with Crippen molar-refractivity contribution in [2.45, 2.75) is 64.5 Å². The van der Waals surface area contributed by atoms with Crippen LogP contribution < -0.4 is 5.32 Å². The van der Waals surface area contributed by atoms with Crippen LogP contribution in [0.25, 0.3) is 0 Å². The van der Waals surface area contributed by atoms with E-state index in [2.05, 4.69) is 29.0 Å². The third-order valence-electron chi connectivity index (χ3n) is 6.17. The van der Waals surface area contributed by atoms with Crippen molar-refractivity contribution >= 4 is 0 Å². The molecule has 3 saturated heterocycles. The second-order valence-corrected chi connectivity index (χ2v) is 7.68. The van der Waals surface area contributed by atoms with Crippen molar-refractivity contribution in [2.24, 2.45) is 5.41 Å². The van der Waals surface area contributed by atoms with Crippen molar-refractivity contribution in [1.29, 1.82) is 0 Å². The first-order chi connectivity index (χ1) is 9.69. The van der Waals surface area contributed by atoms with E-state index in [4.69, 9.17) is 0 Å². The van der Waals surface area contributed by atoms with Crippen LogP contribution in [0, 0.1) is 5.41 Å². The Morgan fingerprint density at radius 1 is 1.00 bits per heavy atom. The molecular weight excluding hydrogens is 246 g/mol. The van der Waals surface area contributed by atoms with Crippen molar-refractivity contribution in [1.82, 2.24) is 15.1 Å². The topological polar surface area (TPSA) is 18.5 Å². The van der Waals surface area contributed by atoms with Crippen molar-refractivity contribution in [3.8, 4) is 0 Å². The fourth-order valence-electron chi connectivity index (χ4n) is 4.59. The predicted octanol–water partition coefficient (Wildman–Crippen LogP) is 2.32. The molecule has 116 valence electrons. The van der Waals surface area contributed by atoms with Gasteiger partial charge in [0.1, 0.15) is 0 Å². The molecule has 1 N–H and O–H groups in total. The van der Waals surface area contributed by atoms with Crippen LogP contribution in [0.5, 0.6) is 0 Å². The van der Waals surface area contributed by atoms with Gasteiger partial charge in [-0.15, -0.1) is 0 Å². The SMILES string of the molecule is CC(C)N1CCC(N2CCC3(CCCNC3)CC2)CC1. The zero-order valence-electron chi connectivity index (χ0n) is 13.5. The Kier molecular flexibility index (Phi) is 4.68. The maximum atomic E-state index is 3.63. The summed E-state index contributed by atoms with van der Waals surface area (Å²) in [7, 11) is 0. The summed E-state index contributed by atoms with van der Waals surface area (Å²) in [6.45, 7) is 12.5. The molecule has 0 aromatic heterocycles. The minimum absolute atomic E-state index is 0.660. The second kappa shape index (κ2) is 6.33. The van der Waals surface area contributed by atoms with Crippen LogP contribution in [0.2, 0.25) is 0 Å². The van der Waals surface area contributed by atoms with Gasteiger partial charge in [-0.1, -0.05) is 0 Å². The van der Waals surface area contributed by atoms with Crippen LogP contribution in [-0.2, 0) is 0 Å². The lowest BCUT2D eigenvalue weighted by Crippen LogP contribution is -2.53. The zero-order valence-corrected chi connectivity index (χ0v) is 13.5. The van der Waals surface area contributed by atoms with E-state index in [0.717, 1.165) is 12.1 Å². The molecule has 20 heavy (non-hydrogen) atoms. The molecule has 0 radical (unpaired) electrons. The molecular formula is C17H33N3. The average molecular weight is 279 g/mol. The number of hydrogen-bond acceptors (Lipinski definition) is 3. The first kappa shape index (κ1) is 14.8. The summed E-state index contributed by atoms with van der Waals surface area (Å²) in [5.41, 5.74) is 0.660. The lowest BCUT2D eigenvalue weighted by Gasteiger charge is -2.48. The number of likely N-dealkylation sites (tertiary alicyclic amines) is 2. The van der Waals surface area contributed by atoms with Gasteiger partial charge in [-0.25, -0.2) is 0 Å². The Hall–Kier alpha value is -0.120. The Morgan fingerprint density at radius 3 is 2.25 bits per heavy atom. The van der Waals surface area contributed by atoms with E-state index in [-0.39, 0.29) is 0 Å². The largest absolute Gasteiger partial charge is 0.316 e. The van der Waals surface area contributed by atoms with Crippen molar-refractivity contribution in [2.75, 3.05) is 39.3 Å². The van der Waals surface area contributed by atoms with Crippen molar-refractivity contribution in [3.05, 3.63) is 0 Å². The molecule has 3 nitrogen and oxygen atoms in total. The van der Waals surface area contributed by atoms with Gasteiger partial charge >= 0.3 is 0 Å². The summed E-state index contributed by atoms with van der Waals surface area (Å²) in [5, 5.41) is 3.63. The van der Waals surface area contributed by atoms with Gasteiger partial charge in [0.15, 0.2) is 0 Å². The molecule has 0 atom stereocenters. The van der Waals surface area contributed by atoms with Crippen LogP contribution in [-0.4, -0.2) is 61.2 Å². The summed E-state index contributed by atoms with van der Waals surface area (Å²) in [4.78, 5) is 5.46. The van der Waals surface area contributed by atoms with E-state index in [1.54, 1.807) is 0 Å². The molecule has 0 aliphatic carbocycles. The number of rotatable bonds is 2. The Morgan fingerprint density at radius 2 is 1.70 bits per heavy atom. The fourth-order valence-corrected chi connectivity index (χ4v) is 4.59. The van der Waals surface area contributed by atoms with Crippen LogP contribution >= 0.6 is 0 Å². The van der Waals surface area contributed by atoms with E-state index < -0.39 is 0 Å². The van der Waals surface area contributed by atoms with Crippen LogP contribution in [0.1, 0.15) is 52.4 Å². The predicted molar refractivity (Wildman–Crippen MR) is 85.1 cm³/mol. The van der Waals surface area contributed by atoms with Gasteiger partial charge in [0.2, 0.25) is 0 Å². The van der Waals surface area contributed by atoms with Crippen LogP contribution in [0.3, 0.4) is 0 Å². The normalized spacial score (nSPS) is 30.1. The molecule has 0 aromatic carbocycles. The first-order valence-corrected chi connectivity index (χ1v) is 8.87. The molecule has 0 amide bonds. The minimum atomic E-state index is 0.660. The monoisotopic (exact) mass is 279 g/mol. The average Bonchev–Trinajstić information content (AvgIpc) is 2.49. The maximum Gasteiger partial charge on any atom is 0.0120 e. The first-order valence-electron chi connectivity index (χ1n) is 8.87. The van der Waals surface area contributed by atoms with E-state index in [9.17, 15) is 0 Å². The summed E-state index contributed by atoms with van der Waals surface area (Å²) in [6.07, 6.45) is 8.52. The van der Waals surface area contributed by atoms with Gasteiger partial charge in [0, 0.05) is 18.6 Å². The third kappa shape index (κ3) is 3.20. The van der Waals surface area contributed by atoms with E-state index in [1.807, 2.05) is 0 Å². The Balaban J connectivity index is 1.47. The van der Waals surface area contributed by atoms with Gasteiger partial charge in [-0.2, -0.15) is 0 Å². The van der Waals surface area contributed by atoms with Crippen LogP contribution in [0.4, 0.5) is 0 Å². The van der Waals surface area contributed by atoms with E-state index >= 15 is 0 Å². The summed E-state index contributed by atoms with van der Waals surface area (Å²) in [5.74, 6) is 0. The summed E-state index contributed by atoms with van der Waals surface area (Å²) in [6, 6.07) is 1.60. The van der Waals surface area contributed by atoms with Gasteiger partial charge < -0.3 is 15.1 Å². The number of nitrogens with one attached hydrogen (secondary N) is 1. The third-order valence-corrected chi connectivity index (χ3v) is 6.17. The zero-order chi connectivity index (χ0) is 14.0. The molecule has 1 spiro atoms. The highest BCUT2D eigenvalue weighted by atomic mass is 15.2. The quantitative estimate of drug-likeness (QED) is 0.837.